The molecule has 0 radical (unpaired) electrons. The van der Waals surface area contributed by atoms with E-state index in [1.54, 1.807) is 0 Å². The van der Waals surface area contributed by atoms with Crippen LogP contribution in [0.3, 0.4) is 0 Å². The summed E-state index contributed by atoms with van der Waals surface area (Å²) in [5, 5.41) is 0. The smallest absolute Gasteiger partial charge is 0.248 e. The maximum Gasteiger partial charge on any atom is 0.248 e. The molecule has 3 heteroatoms. The van der Waals surface area contributed by atoms with Crippen LogP contribution < -0.4 is 0 Å². The molecule has 1 heterocycles. The fourth-order valence-electron chi connectivity index (χ4n) is 2.57. The van der Waals surface area contributed by atoms with Crippen LogP contribution in [0.15, 0.2) is 12.4 Å². The van der Waals surface area contributed by atoms with Gasteiger partial charge in [-0.15, -0.1) is 0 Å². The summed E-state index contributed by atoms with van der Waals surface area (Å²) in [7, 11) is -1.08. The summed E-state index contributed by atoms with van der Waals surface area (Å²) >= 11 is 0. The van der Waals surface area contributed by atoms with Gasteiger partial charge in [0.05, 0.1) is 0 Å². The van der Waals surface area contributed by atoms with E-state index < -0.39 is 9.12 Å². The van der Waals surface area contributed by atoms with Gasteiger partial charge < -0.3 is 9.13 Å². The first-order chi connectivity index (χ1) is 8.07. The monoisotopic (exact) mass is 268 g/mol. The molecule has 1 rings (SSSR count). The van der Waals surface area contributed by atoms with E-state index in [2.05, 4.69) is 76.9 Å². The molecule has 0 saturated carbocycles. The summed E-state index contributed by atoms with van der Waals surface area (Å²) in [5.74, 6) is 0.830. The number of hydrogen-bond donors (Lipinski definition) is 0. The van der Waals surface area contributed by atoms with Gasteiger partial charge in [0, 0.05) is 23.5 Å². The first-order valence-electron chi connectivity index (χ1n) is 7.32. The summed E-state index contributed by atoms with van der Waals surface area (Å²) in [6.07, 6.45) is 5.97. The minimum absolute atomic E-state index is 0.251. The highest BCUT2D eigenvalue weighted by Crippen LogP contribution is 2.32. The van der Waals surface area contributed by atoms with Gasteiger partial charge in [0.1, 0.15) is 0 Å². The fourth-order valence-corrected chi connectivity index (χ4v) is 6.69. The van der Waals surface area contributed by atoms with Gasteiger partial charge in [-0.3, -0.25) is 0 Å². The number of rotatable bonds is 3. The lowest BCUT2D eigenvalue weighted by atomic mass is 10.1. The third-order valence-corrected chi connectivity index (χ3v) is 8.29. The third-order valence-electron chi connectivity index (χ3n) is 3.89. The van der Waals surface area contributed by atoms with Crippen LogP contribution in [-0.2, 0) is 0 Å². The third kappa shape index (κ3) is 3.53. The van der Waals surface area contributed by atoms with E-state index in [1.807, 2.05) is 0 Å². The van der Waals surface area contributed by atoms with Crippen molar-refractivity contribution in [3.8, 4) is 0 Å². The second-order valence-electron chi connectivity index (χ2n) is 7.68. The molecule has 0 aromatic carbocycles. The molecule has 0 aliphatic carbocycles. The first kappa shape index (κ1) is 15.6. The van der Waals surface area contributed by atoms with Crippen molar-refractivity contribution in [2.45, 2.75) is 78.9 Å². The van der Waals surface area contributed by atoms with Crippen LogP contribution in [0.1, 0.15) is 61.8 Å². The van der Waals surface area contributed by atoms with Crippen molar-refractivity contribution >= 4 is 9.12 Å². The lowest BCUT2D eigenvalue weighted by Crippen LogP contribution is -2.56. The second kappa shape index (κ2) is 5.28. The lowest BCUT2D eigenvalue weighted by molar-refractivity contribution is 0.275. The highest BCUT2D eigenvalue weighted by molar-refractivity contribution is 6.54. The molecular weight excluding hydrogens is 236 g/mol. The molecule has 0 aromatic heterocycles. The Kier molecular flexibility index (Phi) is 4.58. The highest BCUT2D eigenvalue weighted by Gasteiger charge is 2.39. The van der Waals surface area contributed by atoms with Crippen LogP contribution >= 0.6 is 0 Å². The Balaban J connectivity index is 2.93. The van der Waals surface area contributed by atoms with Gasteiger partial charge in [-0.25, -0.2) is 0 Å². The van der Waals surface area contributed by atoms with Crippen molar-refractivity contribution in [2.75, 3.05) is 0 Å². The molecular formula is C15H32N2Si. The zero-order valence-electron chi connectivity index (χ0n) is 13.6. The predicted molar refractivity (Wildman–Crippen MR) is 83.7 cm³/mol. The Hall–Kier alpha value is -0.443. The molecule has 0 aromatic rings. The molecule has 106 valence electrons. The summed E-state index contributed by atoms with van der Waals surface area (Å²) in [5.41, 5.74) is 0.502. The van der Waals surface area contributed by atoms with Crippen molar-refractivity contribution in [3.05, 3.63) is 12.4 Å². The summed E-state index contributed by atoms with van der Waals surface area (Å²) in [6.45, 7) is 18.7. The van der Waals surface area contributed by atoms with E-state index in [1.165, 1.54) is 12.5 Å². The van der Waals surface area contributed by atoms with E-state index in [0.29, 0.717) is 0 Å². The van der Waals surface area contributed by atoms with E-state index in [0.717, 1.165) is 5.92 Å². The maximum atomic E-state index is 2.66. The maximum absolute atomic E-state index is 2.66. The molecule has 18 heavy (non-hydrogen) atoms. The van der Waals surface area contributed by atoms with Crippen molar-refractivity contribution in [1.29, 1.82) is 0 Å². The molecule has 1 atom stereocenters. The molecule has 0 N–H and O–H groups in total. The van der Waals surface area contributed by atoms with Crippen molar-refractivity contribution in [1.82, 2.24) is 9.13 Å². The van der Waals surface area contributed by atoms with Crippen molar-refractivity contribution < 1.29 is 0 Å². The fraction of sp³-hybridized carbons (Fsp3) is 0.867. The molecule has 0 bridgehead atoms. The van der Waals surface area contributed by atoms with Crippen LogP contribution in [0.5, 0.6) is 0 Å². The van der Waals surface area contributed by atoms with Crippen LogP contribution in [0.25, 0.3) is 0 Å². The Labute approximate surface area is 116 Å². The molecule has 0 spiro atoms. The summed E-state index contributed by atoms with van der Waals surface area (Å²) < 4.78 is 5.31. The van der Waals surface area contributed by atoms with E-state index in [-0.39, 0.29) is 11.1 Å². The summed E-state index contributed by atoms with van der Waals surface area (Å²) in [6, 6.07) is 1.37. The molecule has 0 amide bonds. The number of hydrogen-bond acceptors (Lipinski definition) is 2. The van der Waals surface area contributed by atoms with E-state index in [4.69, 9.17) is 0 Å². The van der Waals surface area contributed by atoms with Gasteiger partial charge in [0.2, 0.25) is 9.12 Å². The standard InChI is InChI=1S/C15H32N2Si/c1-9-13(2)12-18-16(14(3,4)5)10-11-17(18)15(6,7)8/h10-11,13,18H,9,12H2,1-8H3. The minimum atomic E-state index is -1.08. The van der Waals surface area contributed by atoms with Gasteiger partial charge in [-0.2, -0.15) is 0 Å². The SMILES string of the molecule is CCC(C)C[SiH]1N(C(C)(C)C)C=CN1C(C)(C)C. The molecule has 0 fully saturated rings. The van der Waals surface area contributed by atoms with Crippen molar-refractivity contribution in [2.24, 2.45) is 5.92 Å². The van der Waals surface area contributed by atoms with Crippen LogP contribution in [0.4, 0.5) is 0 Å². The van der Waals surface area contributed by atoms with Crippen LogP contribution in [-0.4, -0.2) is 29.3 Å². The van der Waals surface area contributed by atoms with Crippen LogP contribution in [0, 0.1) is 5.92 Å². The molecule has 0 saturated heterocycles. The predicted octanol–water partition coefficient (Wildman–Crippen LogP) is 3.94. The van der Waals surface area contributed by atoms with Crippen molar-refractivity contribution in [3.63, 3.8) is 0 Å². The lowest BCUT2D eigenvalue weighted by Gasteiger charge is -2.45. The zero-order valence-corrected chi connectivity index (χ0v) is 14.8. The average Bonchev–Trinajstić information content (AvgIpc) is 2.59. The Morgan fingerprint density at radius 2 is 1.33 bits per heavy atom. The Bertz CT molecular complexity index is 275. The zero-order chi connectivity index (χ0) is 14.1. The van der Waals surface area contributed by atoms with E-state index >= 15 is 0 Å². The van der Waals surface area contributed by atoms with Gasteiger partial charge in [-0.05, 0) is 53.5 Å². The topological polar surface area (TPSA) is 6.48 Å². The first-order valence-corrected chi connectivity index (χ1v) is 9.17. The number of nitrogens with zero attached hydrogens (tertiary/aromatic N) is 2. The second-order valence-corrected chi connectivity index (χ2v) is 10.2. The average molecular weight is 269 g/mol. The highest BCUT2D eigenvalue weighted by atomic mass is 28.3. The van der Waals surface area contributed by atoms with E-state index in [9.17, 15) is 0 Å². The normalized spacial score (nSPS) is 19.8. The Morgan fingerprint density at radius 1 is 0.944 bits per heavy atom. The van der Waals surface area contributed by atoms with Gasteiger partial charge >= 0.3 is 0 Å². The van der Waals surface area contributed by atoms with Crippen LogP contribution in [0.2, 0.25) is 6.04 Å². The molecule has 1 unspecified atom stereocenters. The molecule has 1 aliphatic heterocycles. The van der Waals surface area contributed by atoms with Gasteiger partial charge in [0.15, 0.2) is 0 Å². The van der Waals surface area contributed by atoms with Gasteiger partial charge in [-0.1, -0.05) is 20.3 Å². The largest absolute Gasteiger partial charge is 0.383 e. The molecule has 1 aliphatic rings. The summed E-state index contributed by atoms with van der Waals surface area (Å²) in [4.78, 5) is 0. The minimum Gasteiger partial charge on any atom is -0.383 e. The van der Waals surface area contributed by atoms with Gasteiger partial charge in [0.25, 0.3) is 0 Å². The Morgan fingerprint density at radius 3 is 1.61 bits per heavy atom. The molecule has 2 nitrogen and oxygen atoms in total. The quantitative estimate of drug-likeness (QED) is 0.715.